The van der Waals surface area contributed by atoms with Crippen LogP contribution in [0.15, 0.2) is 47.1 Å². The Hall–Kier alpha value is -3.07. The van der Waals surface area contributed by atoms with Gasteiger partial charge >= 0.3 is 0 Å². The number of nitrogens with one attached hydrogen (secondary N) is 1. The van der Waals surface area contributed by atoms with Gasteiger partial charge in [0.25, 0.3) is 5.91 Å². The minimum atomic E-state index is -0.160. The SMILES string of the molecule is CC(=O)NCc1ccc(C(=O)N(CCC#N)Cc2ccco2)cc1. The van der Waals surface area contributed by atoms with E-state index in [-0.39, 0.29) is 18.2 Å². The number of rotatable bonds is 7. The normalized spacial score (nSPS) is 10.0. The number of furan rings is 1. The maximum Gasteiger partial charge on any atom is 0.254 e. The molecule has 6 heteroatoms. The van der Waals surface area contributed by atoms with Gasteiger partial charge in [0.2, 0.25) is 5.91 Å². The fraction of sp³-hybridized carbons (Fsp3) is 0.278. The molecule has 0 fully saturated rings. The number of amides is 2. The number of carbonyl (C=O) groups is 2. The van der Waals surface area contributed by atoms with Crippen molar-refractivity contribution in [2.24, 2.45) is 0 Å². The number of carbonyl (C=O) groups excluding carboxylic acids is 2. The summed E-state index contributed by atoms with van der Waals surface area (Å²) in [6.07, 6.45) is 1.81. The van der Waals surface area contributed by atoms with Crippen molar-refractivity contribution in [3.05, 3.63) is 59.5 Å². The molecule has 2 amide bonds. The van der Waals surface area contributed by atoms with Crippen LogP contribution in [0.2, 0.25) is 0 Å². The smallest absolute Gasteiger partial charge is 0.254 e. The fourth-order valence-electron chi connectivity index (χ4n) is 2.20. The van der Waals surface area contributed by atoms with E-state index in [1.807, 2.05) is 0 Å². The molecule has 0 radical (unpaired) electrons. The lowest BCUT2D eigenvalue weighted by Crippen LogP contribution is -2.31. The molecule has 2 aromatic rings. The largest absolute Gasteiger partial charge is 0.467 e. The first-order valence-corrected chi connectivity index (χ1v) is 7.62. The zero-order valence-corrected chi connectivity index (χ0v) is 13.5. The summed E-state index contributed by atoms with van der Waals surface area (Å²) in [6, 6.07) is 12.7. The zero-order chi connectivity index (χ0) is 17.4. The molecule has 0 saturated heterocycles. The first-order valence-electron chi connectivity index (χ1n) is 7.62. The predicted molar refractivity (Wildman–Crippen MR) is 87.6 cm³/mol. The van der Waals surface area contributed by atoms with Crippen molar-refractivity contribution < 1.29 is 14.0 Å². The van der Waals surface area contributed by atoms with Crippen molar-refractivity contribution in [3.8, 4) is 6.07 Å². The molecule has 0 saturated carbocycles. The second-order valence-electron chi connectivity index (χ2n) is 5.32. The van der Waals surface area contributed by atoms with Crippen molar-refractivity contribution in [3.63, 3.8) is 0 Å². The highest BCUT2D eigenvalue weighted by molar-refractivity contribution is 5.94. The maximum absolute atomic E-state index is 12.7. The van der Waals surface area contributed by atoms with Gasteiger partial charge in [-0.05, 0) is 29.8 Å². The first kappa shape index (κ1) is 17.3. The van der Waals surface area contributed by atoms with E-state index in [2.05, 4.69) is 11.4 Å². The molecule has 0 aliphatic carbocycles. The Kier molecular flexibility index (Phi) is 6.15. The van der Waals surface area contributed by atoms with Crippen LogP contribution in [-0.2, 0) is 17.9 Å². The van der Waals surface area contributed by atoms with Gasteiger partial charge in [-0.3, -0.25) is 9.59 Å². The molecule has 2 rings (SSSR count). The molecule has 0 unspecified atom stereocenters. The summed E-state index contributed by atoms with van der Waals surface area (Å²) >= 11 is 0. The van der Waals surface area contributed by atoms with E-state index < -0.39 is 0 Å². The van der Waals surface area contributed by atoms with E-state index in [0.717, 1.165) is 5.56 Å². The van der Waals surface area contributed by atoms with E-state index >= 15 is 0 Å². The van der Waals surface area contributed by atoms with E-state index in [4.69, 9.17) is 9.68 Å². The van der Waals surface area contributed by atoms with Crippen molar-refractivity contribution in [2.75, 3.05) is 6.54 Å². The van der Waals surface area contributed by atoms with E-state index in [0.29, 0.717) is 31.0 Å². The summed E-state index contributed by atoms with van der Waals surface area (Å²) in [5.41, 5.74) is 1.45. The maximum atomic E-state index is 12.7. The third kappa shape index (κ3) is 4.99. The van der Waals surface area contributed by atoms with Gasteiger partial charge in [-0.15, -0.1) is 0 Å². The van der Waals surface area contributed by atoms with Crippen LogP contribution >= 0.6 is 0 Å². The van der Waals surface area contributed by atoms with E-state index in [1.54, 1.807) is 47.6 Å². The van der Waals surface area contributed by atoms with Crippen molar-refractivity contribution in [1.29, 1.82) is 5.26 Å². The summed E-state index contributed by atoms with van der Waals surface area (Å²) in [4.78, 5) is 25.2. The summed E-state index contributed by atoms with van der Waals surface area (Å²) in [5, 5.41) is 11.5. The molecule has 0 aliphatic rings. The number of hydrogen-bond donors (Lipinski definition) is 1. The Balaban J connectivity index is 2.07. The average Bonchev–Trinajstić information content (AvgIpc) is 3.09. The molecule has 0 bridgehead atoms. The van der Waals surface area contributed by atoms with Crippen LogP contribution in [0, 0.1) is 11.3 Å². The minimum absolute atomic E-state index is 0.101. The van der Waals surface area contributed by atoms with Gasteiger partial charge in [-0.2, -0.15) is 5.26 Å². The topological polar surface area (TPSA) is 86.3 Å². The molecular weight excluding hydrogens is 306 g/mol. The quantitative estimate of drug-likeness (QED) is 0.847. The van der Waals surface area contributed by atoms with Crippen LogP contribution in [0.25, 0.3) is 0 Å². The van der Waals surface area contributed by atoms with Crippen molar-refractivity contribution >= 4 is 11.8 Å². The van der Waals surface area contributed by atoms with Crippen LogP contribution in [0.5, 0.6) is 0 Å². The molecule has 1 N–H and O–H groups in total. The molecule has 1 aromatic carbocycles. The third-order valence-corrected chi connectivity index (χ3v) is 3.45. The Bertz CT molecular complexity index is 715. The summed E-state index contributed by atoms with van der Waals surface area (Å²) in [7, 11) is 0. The Morgan fingerprint density at radius 1 is 1.25 bits per heavy atom. The molecule has 6 nitrogen and oxygen atoms in total. The third-order valence-electron chi connectivity index (χ3n) is 3.45. The molecule has 24 heavy (non-hydrogen) atoms. The second-order valence-corrected chi connectivity index (χ2v) is 5.32. The summed E-state index contributed by atoms with van der Waals surface area (Å²) < 4.78 is 5.29. The molecule has 1 heterocycles. The summed E-state index contributed by atoms with van der Waals surface area (Å²) in [5.74, 6) is 0.410. The van der Waals surface area contributed by atoms with Crippen LogP contribution in [-0.4, -0.2) is 23.3 Å². The number of benzene rings is 1. The number of nitrogens with zero attached hydrogens (tertiary/aromatic N) is 2. The lowest BCUT2D eigenvalue weighted by Gasteiger charge is -2.20. The van der Waals surface area contributed by atoms with Crippen molar-refractivity contribution in [2.45, 2.75) is 26.4 Å². The monoisotopic (exact) mass is 325 g/mol. The average molecular weight is 325 g/mol. The van der Waals surface area contributed by atoms with Gasteiger partial charge in [0.05, 0.1) is 25.3 Å². The highest BCUT2D eigenvalue weighted by Crippen LogP contribution is 2.12. The number of nitriles is 1. The van der Waals surface area contributed by atoms with E-state index in [1.165, 1.54) is 6.92 Å². The Morgan fingerprint density at radius 3 is 2.58 bits per heavy atom. The molecule has 1 aromatic heterocycles. The highest BCUT2D eigenvalue weighted by Gasteiger charge is 2.17. The van der Waals surface area contributed by atoms with Gasteiger partial charge in [-0.1, -0.05) is 12.1 Å². The lowest BCUT2D eigenvalue weighted by molar-refractivity contribution is -0.119. The second kappa shape index (κ2) is 8.53. The molecule has 0 spiro atoms. The lowest BCUT2D eigenvalue weighted by atomic mass is 10.1. The van der Waals surface area contributed by atoms with Gasteiger partial charge < -0.3 is 14.6 Å². The van der Waals surface area contributed by atoms with Gasteiger partial charge in [0.15, 0.2) is 0 Å². The van der Waals surface area contributed by atoms with Crippen LogP contribution in [0.3, 0.4) is 0 Å². The van der Waals surface area contributed by atoms with Crippen molar-refractivity contribution in [1.82, 2.24) is 10.2 Å². The van der Waals surface area contributed by atoms with Crippen LogP contribution in [0.4, 0.5) is 0 Å². The minimum Gasteiger partial charge on any atom is -0.467 e. The molecule has 124 valence electrons. The number of hydrogen-bond acceptors (Lipinski definition) is 4. The first-order chi connectivity index (χ1) is 11.6. The van der Waals surface area contributed by atoms with Gasteiger partial charge in [0, 0.05) is 25.6 Å². The van der Waals surface area contributed by atoms with E-state index in [9.17, 15) is 9.59 Å². The predicted octanol–water partition coefficient (Wildman–Crippen LogP) is 2.47. The fourth-order valence-corrected chi connectivity index (χ4v) is 2.20. The Morgan fingerprint density at radius 2 is 2.00 bits per heavy atom. The standard InChI is InChI=1S/C18H19N3O3/c1-14(22)20-12-15-5-7-16(8-6-15)18(23)21(10-3-9-19)13-17-4-2-11-24-17/h2,4-8,11H,3,10,12-13H2,1H3,(H,20,22). The molecule has 0 aliphatic heterocycles. The van der Waals surface area contributed by atoms with Crippen LogP contribution < -0.4 is 5.32 Å². The Labute approximate surface area is 140 Å². The van der Waals surface area contributed by atoms with Crippen LogP contribution in [0.1, 0.15) is 35.0 Å². The zero-order valence-electron chi connectivity index (χ0n) is 13.5. The van der Waals surface area contributed by atoms with Gasteiger partial charge in [0.1, 0.15) is 5.76 Å². The summed E-state index contributed by atoms with van der Waals surface area (Å²) in [6.45, 7) is 2.54. The van der Waals surface area contributed by atoms with Gasteiger partial charge in [-0.25, -0.2) is 0 Å². The molecular formula is C18H19N3O3. The highest BCUT2D eigenvalue weighted by atomic mass is 16.3. The molecule has 0 atom stereocenters.